The van der Waals surface area contributed by atoms with Crippen LogP contribution in [0, 0.1) is 0 Å². The number of rotatable bonds is 0. The zero-order valence-corrected chi connectivity index (χ0v) is 8.77. The maximum Gasteiger partial charge on any atom is 0.269 e. The van der Waals surface area contributed by atoms with Crippen molar-refractivity contribution in [3.8, 4) is 0 Å². The molecule has 54 valence electrons. The van der Waals surface area contributed by atoms with Gasteiger partial charge < -0.3 is 17.0 Å². The van der Waals surface area contributed by atoms with E-state index in [4.69, 9.17) is 0 Å². The van der Waals surface area contributed by atoms with Gasteiger partial charge in [-0.3, -0.25) is 0 Å². The van der Waals surface area contributed by atoms with Crippen molar-refractivity contribution in [2.24, 2.45) is 0 Å². The van der Waals surface area contributed by atoms with Crippen LogP contribution in [0.1, 0.15) is 0 Å². The van der Waals surface area contributed by atoms with Crippen molar-refractivity contribution < 1.29 is 21.6 Å². The molecule has 0 aromatic carbocycles. The molecule has 0 unspecified atom stereocenters. The standard InChI is InChI=1S/C5H10NS2.BrH/c1-6-3-4-8-5(6)7-2;/h3-4H2,1-2H3;1H/q+1;/p-1. The lowest BCUT2D eigenvalue weighted by Gasteiger charge is -1.86. The summed E-state index contributed by atoms with van der Waals surface area (Å²) in [6.45, 7) is 1.22. The van der Waals surface area contributed by atoms with E-state index in [-0.39, 0.29) is 17.0 Å². The molecule has 0 fully saturated rings. The molecule has 0 saturated heterocycles. The predicted octanol–water partition coefficient (Wildman–Crippen LogP) is -1.90. The molecule has 0 N–H and O–H groups in total. The average molecular weight is 228 g/mol. The largest absolute Gasteiger partial charge is 1.00 e. The molecule has 0 aromatic heterocycles. The molecular formula is C5H10BrNS2. The van der Waals surface area contributed by atoms with Crippen LogP contribution in [0.15, 0.2) is 0 Å². The van der Waals surface area contributed by atoms with Gasteiger partial charge in [0, 0.05) is 0 Å². The molecule has 0 spiro atoms. The maximum atomic E-state index is 2.30. The molecule has 9 heavy (non-hydrogen) atoms. The fourth-order valence-electron chi connectivity index (χ4n) is 0.686. The van der Waals surface area contributed by atoms with E-state index < -0.39 is 0 Å². The summed E-state index contributed by atoms with van der Waals surface area (Å²) in [6.07, 6.45) is 2.13. The number of thioether (sulfide) groups is 2. The Hall–Kier alpha value is 0.850. The van der Waals surface area contributed by atoms with Gasteiger partial charge in [-0.25, -0.2) is 4.58 Å². The van der Waals surface area contributed by atoms with Gasteiger partial charge in [0.05, 0.1) is 5.75 Å². The van der Waals surface area contributed by atoms with E-state index in [9.17, 15) is 0 Å². The summed E-state index contributed by atoms with van der Waals surface area (Å²) in [5.41, 5.74) is 0. The first-order chi connectivity index (χ1) is 3.84. The van der Waals surface area contributed by atoms with Crippen LogP contribution in [0.4, 0.5) is 0 Å². The molecular weight excluding hydrogens is 218 g/mol. The fraction of sp³-hybridized carbons (Fsp3) is 0.800. The molecule has 1 heterocycles. The summed E-state index contributed by atoms with van der Waals surface area (Å²) < 4.78 is 3.76. The van der Waals surface area contributed by atoms with E-state index in [1.165, 1.54) is 16.7 Å². The highest BCUT2D eigenvalue weighted by Gasteiger charge is 2.17. The summed E-state index contributed by atoms with van der Waals surface area (Å²) in [6, 6.07) is 0. The lowest BCUT2D eigenvalue weighted by Crippen LogP contribution is -3.00. The second-order valence-electron chi connectivity index (χ2n) is 1.74. The van der Waals surface area contributed by atoms with Gasteiger partial charge in [-0.05, 0) is 18.0 Å². The Balaban J connectivity index is 0.000000640. The summed E-state index contributed by atoms with van der Waals surface area (Å²) in [5, 5.41) is 0. The highest BCUT2D eigenvalue weighted by atomic mass is 79.9. The Morgan fingerprint density at radius 3 is 2.56 bits per heavy atom. The van der Waals surface area contributed by atoms with Gasteiger partial charge in [0.15, 0.2) is 6.54 Å². The fourth-order valence-corrected chi connectivity index (χ4v) is 2.66. The number of halogens is 1. The predicted molar refractivity (Wildman–Crippen MR) is 42.0 cm³/mol. The van der Waals surface area contributed by atoms with Crippen molar-refractivity contribution in [3.05, 3.63) is 0 Å². The molecule has 1 aliphatic rings. The molecule has 4 heteroatoms. The summed E-state index contributed by atoms with van der Waals surface area (Å²) in [4.78, 5) is 0. The van der Waals surface area contributed by atoms with Gasteiger partial charge in [0.25, 0.3) is 4.38 Å². The first kappa shape index (κ1) is 9.85. The Kier molecular flexibility index (Phi) is 5.07. The maximum absolute atomic E-state index is 2.30. The van der Waals surface area contributed by atoms with E-state index in [1.54, 1.807) is 0 Å². The minimum absolute atomic E-state index is 0. The first-order valence-corrected chi connectivity index (χ1v) is 4.80. The molecule has 0 aliphatic carbocycles. The van der Waals surface area contributed by atoms with E-state index in [0.717, 1.165) is 0 Å². The molecule has 0 bridgehead atoms. The molecule has 0 aromatic rings. The Labute approximate surface area is 75.1 Å². The van der Waals surface area contributed by atoms with Crippen LogP contribution < -0.4 is 17.0 Å². The van der Waals surface area contributed by atoms with E-state index in [1.807, 2.05) is 23.5 Å². The monoisotopic (exact) mass is 227 g/mol. The molecule has 1 rings (SSSR count). The smallest absolute Gasteiger partial charge is 0.269 e. The van der Waals surface area contributed by atoms with Crippen LogP contribution in [0.3, 0.4) is 0 Å². The van der Waals surface area contributed by atoms with Crippen molar-refractivity contribution in [2.75, 3.05) is 25.6 Å². The second-order valence-corrected chi connectivity index (χ2v) is 3.88. The first-order valence-electron chi connectivity index (χ1n) is 2.59. The SMILES string of the molecule is CSC1=[N+](C)CCS1.[Br-]. The van der Waals surface area contributed by atoms with Gasteiger partial charge in [0.2, 0.25) is 0 Å². The van der Waals surface area contributed by atoms with Crippen LogP contribution in [0.25, 0.3) is 0 Å². The van der Waals surface area contributed by atoms with Gasteiger partial charge in [0.1, 0.15) is 7.05 Å². The van der Waals surface area contributed by atoms with E-state index in [2.05, 4.69) is 17.9 Å². The molecule has 1 aliphatic heterocycles. The van der Waals surface area contributed by atoms with Crippen molar-refractivity contribution in [2.45, 2.75) is 0 Å². The normalized spacial score (nSPS) is 18.0. The van der Waals surface area contributed by atoms with Gasteiger partial charge in [-0.15, -0.1) is 0 Å². The van der Waals surface area contributed by atoms with Crippen molar-refractivity contribution in [1.29, 1.82) is 0 Å². The molecule has 0 amide bonds. The quantitative estimate of drug-likeness (QED) is 0.445. The summed E-state index contributed by atoms with van der Waals surface area (Å²) in [7, 11) is 2.14. The van der Waals surface area contributed by atoms with Gasteiger partial charge >= 0.3 is 0 Å². The average Bonchev–Trinajstić information content (AvgIpc) is 2.14. The zero-order valence-electron chi connectivity index (χ0n) is 5.56. The minimum atomic E-state index is 0. The molecule has 0 saturated carbocycles. The van der Waals surface area contributed by atoms with E-state index >= 15 is 0 Å². The van der Waals surface area contributed by atoms with Crippen LogP contribution >= 0.6 is 23.5 Å². The van der Waals surface area contributed by atoms with Crippen molar-refractivity contribution in [3.63, 3.8) is 0 Å². The third-order valence-corrected chi connectivity index (χ3v) is 3.60. The summed E-state index contributed by atoms with van der Waals surface area (Å²) in [5.74, 6) is 1.27. The van der Waals surface area contributed by atoms with Crippen molar-refractivity contribution in [1.82, 2.24) is 0 Å². The highest BCUT2D eigenvalue weighted by molar-refractivity contribution is 8.38. The number of hydrogen-bond donors (Lipinski definition) is 0. The van der Waals surface area contributed by atoms with Gasteiger partial charge in [-0.1, -0.05) is 11.8 Å². The zero-order chi connectivity index (χ0) is 5.98. The van der Waals surface area contributed by atoms with Gasteiger partial charge in [-0.2, -0.15) is 0 Å². The number of hydrogen-bond acceptors (Lipinski definition) is 2. The Morgan fingerprint density at radius 2 is 2.33 bits per heavy atom. The summed E-state index contributed by atoms with van der Waals surface area (Å²) >= 11 is 3.80. The third kappa shape index (κ3) is 2.51. The van der Waals surface area contributed by atoms with Crippen LogP contribution in [-0.2, 0) is 0 Å². The lowest BCUT2D eigenvalue weighted by atomic mass is 10.7. The van der Waals surface area contributed by atoms with Crippen molar-refractivity contribution >= 4 is 27.9 Å². The Bertz CT molecular complexity index is 124. The molecule has 0 radical (unpaired) electrons. The molecule has 1 nitrogen and oxygen atoms in total. The Morgan fingerprint density at radius 1 is 1.67 bits per heavy atom. The third-order valence-electron chi connectivity index (χ3n) is 1.14. The lowest BCUT2D eigenvalue weighted by molar-refractivity contribution is -0.483. The topological polar surface area (TPSA) is 3.01 Å². The van der Waals surface area contributed by atoms with Crippen LogP contribution in [0.5, 0.6) is 0 Å². The second kappa shape index (κ2) is 4.63. The van der Waals surface area contributed by atoms with E-state index in [0.29, 0.717) is 0 Å². The number of nitrogens with zero attached hydrogens (tertiary/aromatic N) is 1. The van der Waals surface area contributed by atoms with Crippen LogP contribution in [0.2, 0.25) is 0 Å². The highest BCUT2D eigenvalue weighted by Crippen LogP contribution is 2.17. The van der Waals surface area contributed by atoms with Crippen LogP contribution in [-0.4, -0.2) is 34.6 Å². The molecule has 0 atom stereocenters. The minimum Gasteiger partial charge on any atom is -1.00 e.